The van der Waals surface area contributed by atoms with Gasteiger partial charge in [-0.15, -0.1) is 11.8 Å². The van der Waals surface area contributed by atoms with Gasteiger partial charge in [0, 0.05) is 22.6 Å². The lowest BCUT2D eigenvalue weighted by atomic mass is 9.83. The monoisotopic (exact) mass is 237 g/mol. The molecule has 0 saturated carbocycles. The van der Waals surface area contributed by atoms with Crippen molar-refractivity contribution in [3.63, 3.8) is 0 Å². The van der Waals surface area contributed by atoms with Gasteiger partial charge in [0.05, 0.1) is 6.61 Å². The first-order chi connectivity index (χ1) is 7.69. The number of fused-ring (bicyclic) bond motifs is 1. The van der Waals surface area contributed by atoms with E-state index in [2.05, 4.69) is 30.4 Å². The summed E-state index contributed by atoms with van der Waals surface area (Å²) in [5, 5.41) is 12.7. The lowest BCUT2D eigenvalue weighted by Gasteiger charge is -2.28. The molecule has 0 amide bonds. The lowest BCUT2D eigenvalue weighted by Crippen LogP contribution is -2.37. The van der Waals surface area contributed by atoms with E-state index < -0.39 is 0 Å². The fourth-order valence-electron chi connectivity index (χ4n) is 2.18. The summed E-state index contributed by atoms with van der Waals surface area (Å²) in [7, 11) is 1.93. The largest absolute Gasteiger partial charge is 0.395 e. The van der Waals surface area contributed by atoms with Crippen molar-refractivity contribution in [2.75, 3.05) is 26.0 Å². The van der Waals surface area contributed by atoms with Crippen LogP contribution in [0.2, 0.25) is 0 Å². The summed E-state index contributed by atoms with van der Waals surface area (Å²) in [5.74, 6) is 1.20. The molecule has 1 aliphatic heterocycles. The Hall–Kier alpha value is -0.510. The summed E-state index contributed by atoms with van der Waals surface area (Å²) >= 11 is 1.92. The zero-order valence-electron chi connectivity index (χ0n) is 9.92. The highest BCUT2D eigenvalue weighted by molar-refractivity contribution is 7.99. The van der Waals surface area contributed by atoms with E-state index in [1.807, 2.05) is 18.8 Å². The summed E-state index contributed by atoms with van der Waals surface area (Å²) in [4.78, 5) is 1.40. The van der Waals surface area contributed by atoms with Gasteiger partial charge in [-0.2, -0.15) is 0 Å². The van der Waals surface area contributed by atoms with E-state index in [9.17, 15) is 5.11 Å². The van der Waals surface area contributed by atoms with Gasteiger partial charge in [-0.05, 0) is 30.7 Å². The van der Waals surface area contributed by atoms with Crippen molar-refractivity contribution in [3.05, 3.63) is 29.3 Å². The van der Waals surface area contributed by atoms with Crippen molar-refractivity contribution in [2.24, 2.45) is 0 Å². The summed E-state index contributed by atoms with van der Waals surface area (Å²) < 4.78 is 0. The maximum Gasteiger partial charge on any atom is 0.0537 e. The van der Waals surface area contributed by atoms with E-state index in [1.165, 1.54) is 28.2 Å². The first-order valence-corrected chi connectivity index (χ1v) is 6.70. The molecule has 0 saturated heterocycles. The summed E-state index contributed by atoms with van der Waals surface area (Å²) in [6.07, 6.45) is 1.18. The van der Waals surface area contributed by atoms with Crippen molar-refractivity contribution in [2.45, 2.75) is 23.7 Å². The van der Waals surface area contributed by atoms with E-state index >= 15 is 0 Å². The molecule has 1 aliphatic rings. The quantitative estimate of drug-likeness (QED) is 0.837. The van der Waals surface area contributed by atoms with Gasteiger partial charge >= 0.3 is 0 Å². The molecular weight excluding hydrogens is 218 g/mol. The number of hydrogen-bond donors (Lipinski definition) is 2. The van der Waals surface area contributed by atoms with Crippen LogP contribution in [0.5, 0.6) is 0 Å². The normalized spacial score (nSPS) is 18.2. The van der Waals surface area contributed by atoms with Crippen molar-refractivity contribution in [3.8, 4) is 0 Å². The minimum absolute atomic E-state index is 0.174. The molecule has 0 spiro atoms. The highest BCUT2D eigenvalue weighted by Crippen LogP contribution is 2.35. The van der Waals surface area contributed by atoms with Gasteiger partial charge in [0.25, 0.3) is 0 Å². The standard InChI is InChI=1S/C13H19NOS/c1-13(9-15,8-14-2)11-4-3-10-5-6-16-12(10)7-11/h3-4,7,14-15H,5-6,8-9H2,1-2H3. The Morgan fingerprint density at radius 1 is 1.50 bits per heavy atom. The molecule has 88 valence electrons. The predicted molar refractivity (Wildman–Crippen MR) is 69.2 cm³/mol. The number of aliphatic hydroxyl groups excluding tert-OH is 1. The molecule has 2 rings (SSSR count). The van der Waals surface area contributed by atoms with Crippen LogP contribution in [0.3, 0.4) is 0 Å². The van der Waals surface area contributed by atoms with Gasteiger partial charge in [0.2, 0.25) is 0 Å². The first-order valence-electron chi connectivity index (χ1n) is 5.71. The van der Waals surface area contributed by atoms with Gasteiger partial charge in [-0.25, -0.2) is 0 Å². The number of thioether (sulfide) groups is 1. The first kappa shape index (κ1) is 12.0. The molecule has 1 heterocycles. The molecule has 16 heavy (non-hydrogen) atoms. The molecule has 1 unspecified atom stereocenters. The molecule has 3 heteroatoms. The fraction of sp³-hybridized carbons (Fsp3) is 0.538. The Bertz CT molecular complexity index is 380. The van der Waals surface area contributed by atoms with Crippen LogP contribution in [-0.2, 0) is 11.8 Å². The van der Waals surface area contributed by atoms with E-state index in [-0.39, 0.29) is 12.0 Å². The summed E-state index contributed by atoms with van der Waals surface area (Å²) in [6.45, 7) is 3.08. The molecule has 0 bridgehead atoms. The Morgan fingerprint density at radius 3 is 3.00 bits per heavy atom. The minimum Gasteiger partial charge on any atom is -0.395 e. The van der Waals surface area contributed by atoms with Crippen molar-refractivity contribution in [1.82, 2.24) is 5.32 Å². The lowest BCUT2D eigenvalue weighted by molar-refractivity contribution is 0.203. The van der Waals surface area contributed by atoms with E-state index in [0.29, 0.717) is 0 Å². The van der Waals surface area contributed by atoms with Gasteiger partial charge < -0.3 is 10.4 Å². The Balaban J connectivity index is 2.32. The van der Waals surface area contributed by atoms with Crippen molar-refractivity contribution >= 4 is 11.8 Å². The number of nitrogens with one attached hydrogen (secondary N) is 1. The van der Waals surface area contributed by atoms with Gasteiger partial charge in [-0.1, -0.05) is 19.1 Å². The third kappa shape index (κ3) is 2.12. The Morgan fingerprint density at radius 2 is 2.31 bits per heavy atom. The van der Waals surface area contributed by atoms with Crippen LogP contribution in [0, 0.1) is 0 Å². The molecule has 1 aromatic rings. The second-order valence-electron chi connectivity index (χ2n) is 4.67. The van der Waals surface area contributed by atoms with Crippen LogP contribution in [0.25, 0.3) is 0 Å². The number of aryl methyl sites for hydroxylation is 1. The van der Waals surface area contributed by atoms with Gasteiger partial charge in [-0.3, -0.25) is 0 Å². The molecule has 0 radical (unpaired) electrons. The third-order valence-corrected chi connectivity index (χ3v) is 4.41. The van der Waals surface area contributed by atoms with Crippen LogP contribution in [0.4, 0.5) is 0 Å². The molecule has 0 fully saturated rings. The number of benzene rings is 1. The topological polar surface area (TPSA) is 32.3 Å². The predicted octanol–water partition coefficient (Wildman–Crippen LogP) is 1.80. The number of likely N-dealkylation sites (N-methyl/N-ethyl adjacent to an activating group) is 1. The SMILES string of the molecule is CNCC(C)(CO)c1ccc2c(c1)SCC2. The van der Waals surface area contributed by atoms with Gasteiger partial charge in [0.1, 0.15) is 0 Å². The number of hydrogen-bond acceptors (Lipinski definition) is 3. The minimum atomic E-state index is -0.174. The van der Waals surface area contributed by atoms with E-state index in [0.717, 1.165) is 6.54 Å². The zero-order chi connectivity index (χ0) is 11.6. The molecule has 1 aromatic carbocycles. The van der Waals surface area contributed by atoms with E-state index in [1.54, 1.807) is 0 Å². The molecular formula is C13H19NOS. The maximum atomic E-state index is 9.57. The second-order valence-corrected chi connectivity index (χ2v) is 5.81. The molecule has 1 atom stereocenters. The summed E-state index contributed by atoms with van der Waals surface area (Å²) in [5.41, 5.74) is 2.52. The van der Waals surface area contributed by atoms with Crippen molar-refractivity contribution in [1.29, 1.82) is 0 Å². The third-order valence-electron chi connectivity index (χ3n) is 3.31. The smallest absolute Gasteiger partial charge is 0.0537 e. The van der Waals surface area contributed by atoms with Crippen LogP contribution in [-0.4, -0.2) is 31.1 Å². The van der Waals surface area contributed by atoms with Gasteiger partial charge in [0.15, 0.2) is 0 Å². The number of rotatable bonds is 4. The van der Waals surface area contributed by atoms with Crippen LogP contribution in [0.1, 0.15) is 18.1 Å². The maximum absolute atomic E-state index is 9.57. The fourth-order valence-corrected chi connectivity index (χ4v) is 3.29. The van der Waals surface area contributed by atoms with Crippen LogP contribution < -0.4 is 5.32 Å². The van der Waals surface area contributed by atoms with Crippen molar-refractivity contribution < 1.29 is 5.11 Å². The van der Waals surface area contributed by atoms with E-state index in [4.69, 9.17) is 0 Å². The highest BCUT2D eigenvalue weighted by atomic mass is 32.2. The highest BCUT2D eigenvalue weighted by Gasteiger charge is 2.26. The zero-order valence-corrected chi connectivity index (χ0v) is 10.7. The molecule has 2 nitrogen and oxygen atoms in total. The van der Waals surface area contributed by atoms with Crippen LogP contribution >= 0.6 is 11.8 Å². The summed E-state index contributed by atoms with van der Waals surface area (Å²) in [6, 6.07) is 6.63. The average molecular weight is 237 g/mol. The average Bonchev–Trinajstić information content (AvgIpc) is 2.76. The molecule has 2 N–H and O–H groups in total. The number of aliphatic hydroxyl groups is 1. The Labute approximate surface area is 101 Å². The Kier molecular flexibility index (Phi) is 3.57. The molecule has 0 aromatic heterocycles. The molecule has 0 aliphatic carbocycles. The van der Waals surface area contributed by atoms with Crippen LogP contribution in [0.15, 0.2) is 23.1 Å². The second kappa shape index (κ2) is 4.78.